The minimum absolute atomic E-state index is 0.261. The van der Waals surface area contributed by atoms with Gasteiger partial charge in [-0.2, -0.15) is 0 Å². The van der Waals surface area contributed by atoms with E-state index in [9.17, 15) is 8.42 Å². The number of nitrogens with one attached hydrogen (secondary N) is 3. The number of sulfonamides is 1. The van der Waals surface area contributed by atoms with Gasteiger partial charge in [-0.15, -0.1) is 0 Å². The molecule has 0 aliphatic rings. The lowest BCUT2D eigenvalue weighted by Gasteiger charge is -2.11. The van der Waals surface area contributed by atoms with Gasteiger partial charge in [0.15, 0.2) is 0 Å². The molecule has 102 valence electrons. The molecule has 5 nitrogen and oxygen atoms in total. The fraction of sp³-hybridized carbons (Fsp3) is 0.231. The molecular weight excluding hydrogens is 262 g/mol. The van der Waals surface area contributed by atoms with Crippen LogP contribution in [0.4, 0.5) is 5.69 Å². The van der Waals surface area contributed by atoms with Crippen LogP contribution in [-0.2, 0) is 16.6 Å². The van der Waals surface area contributed by atoms with E-state index in [1.807, 2.05) is 25.4 Å². The van der Waals surface area contributed by atoms with E-state index in [1.54, 1.807) is 18.2 Å². The van der Waals surface area contributed by atoms with E-state index < -0.39 is 10.0 Å². The number of hydrogen-bond acceptors (Lipinski definition) is 3. The summed E-state index contributed by atoms with van der Waals surface area (Å²) in [6.07, 6.45) is 3.75. The summed E-state index contributed by atoms with van der Waals surface area (Å²) in [5.74, 6) is 0. The normalized spacial score (nSPS) is 11.5. The highest BCUT2D eigenvalue weighted by Gasteiger charge is 2.12. The molecule has 2 aromatic rings. The Morgan fingerprint density at radius 3 is 2.68 bits per heavy atom. The van der Waals surface area contributed by atoms with Crippen molar-refractivity contribution in [1.29, 1.82) is 0 Å². The fourth-order valence-electron chi connectivity index (χ4n) is 1.74. The first-order valence-electron chi connectivity index (χ1n) is 5.92. The van der Waals surface area contributed by atoms with Gasteiger partial charge in [0, 0.05) is 24.6 Å². The molecule has 2 rings (SSSR count). The van der Waals surface area contributed by atoms with E-state index in [1.165, 1.54) is 7.05 Å². The predicted octanol–water partition coefficient (Wildman–Crippen LogP) is 1.84. The van der Waals surface area contributed by atoms with Crippen molar-refractivity contribution >= 4 is 15.7 Å². The first-order valence-corrected chi connectivity index (χ1v) is 7.41. The van der Waals surface area contributed by atoms with E-state index in [0.717, 1.165) is 16.8 Å². The van der Waals surface area contributed by atoms with Crippen molar-refractivity contribution in [2.24, 2.45) is 0 Å². The number of hydrogen-bond donors (Lipinski definition) is 3. The van der Waals surface area contributed by atoms with E-state index in [-0.39, 0.29) is 4.90 Å². The maximum Gasteiger partial charge on any atom is 0.240 e. The molecule has 19 heavy (non-hydrogen) atoms. The molecule has 1 aromatic heterocycles. The van der Waals surface area contributed by atoms with Crippen molar-refractivity contribution in [3.63, 3.8) is 0 Å². The number of anilines is 1. The highest BCUT2D eigenvalue weighted by molar-refractivity contribution is 7.89. The van der Waals surface area contributed by atoms with Crippen LogP contribution in [0, 0.1) is 6.92 Å². The topological polar surface area (TPSA) is 74.0 Å². The molecule has 0 aliphatic carbocycles. The van der Waals surface area contributed by atoms with Gasteiger partial charge in [-0.1, -0.05) is 6.07 Å². The second-order valence-electron chi connectivity index (χ2n) is 4.26. The molecule has 0 radical (unpaired) electrons. The SMILES string of the molecule is CNS(=O)(=O)c1ccc(C)c(NCc2cc[nH]c2)c1. The summed E-state index contributed by atoms with van der Waals surface area (Å²) in [7, 11) is -2.00. The van der Waals surface area contributed by atoms with Crippen LogP contribution in [0.25, 0.3) is 0 Å². The maximum atomic E-state index is 11.8. The standard InChI is InChI=1S/C13H17N3O2S/c1-10-3-4-12(19(17,18)14-2)7-13(10)16-9-11-5-6-15-8-11/h3-8,14-16H,9H2,1-2H3. The molecular formula is C13H17N3O2S. The Bertz CT molecular complexity index is 649. The van der Waals surface area contributed by atoms with Crippen molar-refractivity contribution in [3.05, 3.63) is 47.8 Å². The van der Waals surface area contributed by atoms with E-state index in [2.05, 4.69) is 15.0 Å². The number of aromatic amines is 1. The minimum Gasteiger partial charge on any atom is -0.381 e. The molecule has 0 amide bonds. The van der Waals surface area contributed by atoms with Gasteiger partial charge >= 0.3 is 0 Å². The lowest BCUT2D eigenvalue weighted by molar-refractivity contribution is 0.588. The molecule has 0 saturated carbocycles. The number of aromatic nitrogens is 1. The highest BCUT2D eigenvalue weighted by atomic mass is 32.2. The van der Waals surface area contributed by atoms with Crippen LogP contribution in [0.5, 0.6) is 0 Å². The molecule has 0 spiro atoms. The van der Waals surface area contributed by atoms with Gasteiger partial charge in [-0.05, 0) is 43.3 Å². The molecule has 0 fully saturated rings. The molecule has 0 saturated heterocycles. The second kappa shape index (κ2) is 5.46. The number of aryl methyl sites for hydroxylation is 1. The lowest BCUT2D eigenvalue weighted by atomic mass is 10.2. The molecule has 6 heteroatoms. The van der Waals surface area contributed by atoms with Crippen LogP contribution in [-0.4, -0.2) is 20.4 Å². The minimum atomic E-state index is -3.41. The van der Waals surface area contributed by atoms with Crippen molar-refractivity contribution < 1.29 is 8.42 Å². The zero-order chi connectivity index (χ0) is 13.9. The lowest BCUT2D eigenvalue weighted by Crippen LogP contribution is -2.18. The van der Waals surface area contributed by atoms with Crippen molar-refractivity contribution in [1.82, 2.24) is 9.71 Å². The van der Waals surface area contributed by atoms with E-state index >= 15 is 0 Å². The van der Waals surface area contributed by atoms with Gasteiger partial charge in [-0.25, -0.2) is 13.1 Å². The Morgan fingerprint density at radius 1 is 1.26 bits per heavy atom. The number of benzene rings is 1. The average Bonchev–Trinajstić information content (AvgIpc) is 2.90. The molecule has 0 aliphatic heterocycles. The Balaban J connectivity index is 2.22. The summed E-state index contributed by atoms with van der Waals surface area (Å²) in [5, 5.41) is 3.24. The third kappa shape index (κ3) is 3.15. The smallest absolute Gasteiger partial charge is 0.240 e. The van der Waals surface area contributed by atoms with Gasteiger partial charge in [0.2, 0.25) is 10.0 Å². The third-order valence-corrected chi connectivity index (χ3v) is 4.35. The Labute approximate surface area is 113 Å². The van der Waals surface area contributed by atoms with Crippen LogP contribution in [0.1, 0.15) is 11.1 Å². The molecule has 0 unspecified atom stereocenters. The quantitative estimate of drug-likeness (QED) is 0.782. The molecule has 0 atom stereocenters. The van der Waals surface area contributed by atoms with Crippen LogP contribution in [0.15, 0.2) is 41.6 Å². The second-order valence-corrected chi connectivity index (χ2v) is 6.14. The summed E-state index contributed by atoms with van der Waals surface area (Å²) in [4.78, 5) is 3.24. The van der Waals surface area contributed by atoms with Gasteiger partial charge < -0.3 is 10.3 Å². The summed E-state index contributed by atoms with van der Waals surface area (Å²) in [5.41, 5.74) is 2.93. The molecule has 0 bridgehead atoms. The summed E-state index contributed by atoms with van der Waals surface area (Å²) >= 11 is 0. The summed E-state index contributed by atoms with van der Waals surface area (Å²) in [6.45, 7) is 2.59. The molecule has 3 N–H and O–H groups in total. The number of rotatable bonds is 5. The average molecular weight is 279 g/mol. The van der Waals surface area contributed by atoms with Gasteiger partial charge in [0.1, 0.15) is 0 Å². The van der Waals surface area contributed by atoms with Gasteiger partial charge in [0.25, 0.3) is 0 Å². The van der Waals surface area contributed by atoms with Crippen LogP contribution in [0.2, 0.25) is 0 Å². The van der Waals surface area contributed by atoms with Crippen molar-refractivity contribution in [2.75, 3.05) is 12.4 Å². The largest absolute Gasteiger partial charge is 0.381 e. The van der Waals surface area contributed by atoms with Crippen molar-refractivity contribution in [2.45, 2.75) is 18.4 Å². The first kappa shape index (κ1) is 13.6. The van der Waals surface area contributed by atoms with Crippen molar-refractivity contribution in [3.8, 4) is 0 Å². The maximum absolute atomic E-state index is 11.8. The molecule has 1 heterocycles. The predicted molar refractivity (Wildman–Crippen MR) is 75.5 cm³/mol. The Morgan fingerprint density at radius 2 is 2.05 bits per heavy atom. The van der Waals surface area contributed by atoms with Crippen LogP contribution >= 0.6 is 0 Å². The van der Waals surface area contributed by atoms with E-state index in [0.29, 0.717) is 6.54 Å². The van der Waals surface area contributed by atoms with Crippen LogP contribution < -0.4 is 10.0 Å². The van der Waals surface area contributed by atoms with Crippen LogP contribution in [0.3, 0.4) is 0 Å². The molecule has 1 aromatic carbocycles. The third-order valence-electron chi connectivity index (χ3n) is 2.93. The van der Waals surface area contributed by atoms with Gasteiger partial charge in [-0.3, -0.25) is 0 Å². The fourth-order valence-corrected chi connectivity index (χ4v) is 2.50. The number of H-pyrrole nitrogens is 1. The highest BCUT2D eigenvalue weighted by Crippen LogP contribution is 2.20. The first-order chi connectivity index (χ1) is 9.03. The Kier molecular flexibility index (Phi) is 3.92. The van der Waals surface area contributed by atoms with E-state index in [4.69, 9.17) is 0 Å². The summed E-state index contributed by atoms with van der Waals surface area (Å²) in [6, 6.07) is 7.01. The Hall–Kier alpha value is -1.79. The monoisotopic (exact) mass is 279 g/mol. The van der Waals surface area contributed by atoms with Gasteiger partial charge in [0.05, 0.1) is 4.90 Å². The zero-order valence-electron chi connectivity index (χ0n) is 10.9. The zero-order valence-corrected chi connectivity index (χ0v) is 11.7. The summed E-state index contributed by atoms with van der Waals surface area (Å²) < 4.78 is 25.8.